The second-order valence-electron chi connectivity index (χ2n) is 5.45. The highest BCUT2D eigenvalue weighted by molar-refractivity contribution is 7.17. The lowest BCUT2D eigenvalue weighted by Gasteiger charge is -2.29. The first-order valence-corrected chi connectivity index (χ1v) is 8.71. The summed E-state index contributed by atoms with van der Waals surface area (Å²) in [7, 11) is 0. The van der Waals surface area contributed by atoms with Crippen molar-refractivity contribution in [3.8, 4) is 10.4 Å². The Balaban J connectivity index is 1.80. The van der Waals surface area contributed by atoms with Gasteiger partial charge in [-0.05, 0) is 48.7 Å². The predicted octanol–water partition coefficient (Wildman–Crippen LogP) is 4.29. The molecule has 6 heteroatoms. The van der Waals surface area contributed by atoms with Gasteiger partial charge in [0.05, 0.1) is 4.88 Å². The summed E-state index contributed by atoms with van der Waals surface area (Å²) in [5.74, 6) is 0.0799. The minimum Gasteiger partial charge on any atom is -0.338 e. The van der Waals surface area contributed by atoms with Crippen molar-refractivity contribution in [1.82, 2.24) is 4.90 Å². The lowest BCUT2D eigenvalue weighted by molar-refractivity contribution is 0.0719. The van der Waals surface area contributed by atoms with E-state index < -0.39 is 0 Å². The molecule has 2 N–H and O–H groups in total. The molecule has 116 valence electrons. The second-order valence-corrected chi connectivity index (χ2v) is 7.41. The van der Waals surface area contributed by atoms with Crippen molar-refractivity contribution < 1.29 is 4.79 Å². The number of nitrogens with two attached hydrogens (primary N) is 1. The van der Waals surface area contributed by atoms with Gasteiger partial charge in [-0.1, -0.05) is 23.2 Å². The van der Waals surface area contributed by atoms with Crippen LogP contribution in [0, 0.1) is 0 Å². The molecule has 1 aromatic heterocycles. The number of halogens is 2. The van der Waals surface area contributed by atoms with Gasteiger partial charge in [-0.15, -0.1) is 11.3 Å². The maximum atomic E-state index is 12.5. The fourth-order valence-corrected chi connectivity index (χ4v) is 4.05. The SMILES string of the molecule is NC1CCN(C(=O)c2ccc(-c3cc(Cl)cc(Cl)c3)s2)CC1. The average Bonchev–Trinajstić information content (AvgIpc) is 2.96. The van der Waals surface area contributed by atoms with Gasteiger partial charge in [0.15, 0.2) is 0 Å². The molecule has 1 aromatic carbocycles. The molecular formula is C16H16Cl2N2OS. The fourth-order valence-electron chi connectivity index (χ4n) is 2.56. The molecule has 1 fully saturated rings. The van der Waals surface area contributed by atoms with Crippen LogP contribution >= 0.6 is 34.5 Å². The Morgan fingerprint density at radius 2 is 1.77 bits per heavy atom. The van der Waals surface area contributed by atoms with Crippen molar-refractivity contribution >= 4 is 40.4 Å². The summed E-state index contributed by atoms with van der Waals surface area (Å²) in [5, 5.41) is 1.18. The van der Waals surface area contributed by atoms with Gasteiger partial charge < -0.3 is 10.6 Å². The molecule has 1 saturated heterocycles. The molecule has 0 bridgehead atoms. The summed E-state index contributed by atoms with van der Waals surface area (Å²) in [6.07, 6.45) is 1.74. The monoisotopic (exact) mass is 354 g/mol. The molecule has 2 aromatic rings. The second kappa shape index (κ2) is 6.59. The number of nitrogens with zero attached hydrogens (tertiary/aromatic N) is 1. The van der Waals surface area contributed by atoms with Gasteiger partial charge in [0, 0.05) is 34.1 Å². The lowest BCUT2D eigenvalue weighted by atomic mass is 10.1. The molecule has 0 spiro atoms. The Labute approximate surface area is 143 Å². The molecule has 0 atom stereocenters. The van der Waals surface area contributed by atoms with Crippen LogP contribution in [-0.2, 0) is 0 Å². The van der Waals surface area contributed by atoms with E-state index in [1.165, 1.54) is 11.3 Å². The van der Waals surface area contributed by atoms with E-state index in [2.05, 4.69) is 0 Å². The van der Waals surface area contributed by atoms with Gasteiger partial charge in [-0.25, -0.2) is 0 Å². The van der Waals surface area contributed by atoms with E-state index in [-0.39, 0.29) is 11.9 Å². The molecule has 1 aliphatic rings. The van der Waals surface area contributed by atoms with E-state index in [1.807, 2.05) is 29.2 Å². The number of hydrogen-bond acceptors (Lipinski definition) is 3. The minimum atomic E-state index is 0.0799. The van der Waals surface area contributed by atoms with Crippen LogP contribution in [0.2, 0.25) is 10.0 Å². The predicted molar refractivity (Wildman–Crippen MR) is 92.9 cm³/mol. The molecule has 0 radical (unpaired) electrons. The number of benzene rings is 1. The van der Waals surface area contributed by atoms with Crippen molar-refractivity contribution in [3.63, 3.8) is 0 Å². The van der Waals surface area contributed by atoms with Crippen LogP contribution in [0.15, 0.2) is 30.3 Å². The van der Waals surface area contributed by atoms with E-state index in [9.17, 15) is 4.79 Å². The van der Waals surface area contributed by atoms with Crippen LogP contribution in [0.25, 0.3) is 10.4 Å². The van der Waals surface area contributed by atoms with Crippen molar-refractivity contribution in [2.24, 2.45) is 5.73 Å². The van der Waals surface area contributed by atoms with Crippen LogP contribution in [0.4, 0.5) is 0 Å². The van der Waals surface area contributed by atoms with Crippen LogP contribution in [-0.4, -0.2) is 29.9 Å². The summed E-state index contributed by atoms with van der Waals surface area (Å²) >= 11 is 13.5. The van der Waals surface area contributed by atoms with Crippen molar-refractivity contribution in [1.29, 1.82) is 0 Å². The first-order valence-electron chi connectivity index (χ1n) is 7.14. The summed E-state index contributed by atoms with van der Waals surface area (Å²) in [4.78, 5) is 16.1. The number of hydrogen-bond donors (Lipinski definition) is 1. The molecule has 2 heterocycles. The van der Waals surface area contributed by atoms with E-state index >= 15 is 0 Å². The van der Waals surface area contributed by atoms with Gasteiger partial charge in [0.1, 0.15) is 0 Å². The third kappa shape index (κ3) is 3.46. The molecule has 1 aliphatic heterocycles. The number of likely N-dealkylation sites (tertiary alicyclic amines) is 1. The van der Waals surface area contributed by atoms with Gasteiger partial charge in [-0.3, -0.25) is 4.79 Å². The maximum Gasteiger partial charge on any atom is 0.263 e. The quantitative estimate of drug-likeness (QED) is 0.874. The van der Waals surface area contributed by atoms with Gasteiger partial charge in [0.2, 0.25) is 0 Å². The molecule has 3 nitrogen and oxygen atoms in total. The normalized spacial score (nSPS) is 16.0. The fraction of sp³-hybridized carbons (Fsp3) is 0.312. The number of carbonyl (C=O) groups excluding carboxylic acids is 1. The summed E-state index contributed by atoms with van der Waals surface area (Å²) in [5.41, 5.74) is 6.82. The summed E-state index contributed by atoms with van der Waals surface area (Å²) < 4.78 is 0. The Hall–Kier alpha value is -1.07. The van der Waals surface area contributed by atoms with Crippen molar-refractivity contribution in [2.75, 3.05) is 13.1 Å². The highest BCUT2D eigenvalue weighted by Crippen LogP contribution is 2.33. The zero-order valence-electron chi connectivity index (χ0n) is 11.9. The topological polar surface area (TPSA) is 46.3 Å². The van der Waals surface area contributed by atoms with Crippen LogP contribution < -0.4 is 5.73 Å². The Bertz CT molecular complexity index is 673. The number of amides is 1. The van der Waals surface area contributed by atoms with E-state index in [0.717, 1.165) is 41.2 Å². The van der Waals surface area contributed by atoms with Crippen LogP contribution in [0.1, 0.15) is 22.5 Å². The maximum absolute atomic E-state index is 12.5. The standard InChI is InChI=1S/C16H16Cl2N2OS/c17-11-7-10(8-12(18)9-11)14-1-2-15(22-14)16(21)20-5-3-13(19)4-6-20/h1-2,7-9,13H,3-6,19H2. The molecular weight excluding hydrogens is 339 g/mol. The highest BCUT2D eigenvalue weighted by atomic mass is 35.5. The average molecular weight is 355 g/mol. The highest BCUT2D eigenvalue weighted by Gasteiger charge is 2.22. The molecule has 22 heavy (non-hydrogen) atoms. The Morgan fingerprint density at radius 1 is 1.14 bits per heavy atom. The van der Waals surface area contributed by atoms with E-state index in [1.54, 1.807) is 6.07 Å². The largest absolute Gasteiger partial charge is 0.338 e. The number of carbonyl (C=O) groups is 1. The third-order valence-corrected chi connectivity index (χ3v) is 5.35. The Kier molecular flexibility index (Phi) is 4.73. The first kappa shape index (κ1) is 15.8. The molecule has 3 rings (SSSR count). The smallest absolute Gasteiger partial charge is 0.263 e. The summed E-state index contributed by atoms with van der Waals surface area (Å²) in [6, 6.07) is 9.43. The van der Waals surface area contributed by atoms with Crippen LogP contribution in [0.5, 0.6) is 0 Å². The van der Waals surface area contributed by atoms with Gasteiger partial charge in [-0.2, -0.15) is 0 Å². The van der Waals surface area contributed by atoms with Crippen molar-refractivity contribution in [3.05, 3.63) is 45.3 Å². The summed E-state index contributed by atoms with van der Waals surface area (Å²) in [6.45, 7) is 1.46. The molecule has 0 unspecified atom stereocenters. The van der Waals surface area contributed by atoms with Crippen LogP contribution in [0.3, 0.4) is 0 Å². The minimum absolute atomic E-state index is 0.0799. The number of thiophene rings is 1. The number of rotatable bonds is 2. The number of piperidine rings is 1. The first-order chi connectivity index (χ1) is 10.5. The van der Waals surface area contributed by atoms with Gasteiger partial charge in [0.25, 0.3) is 5.91 Å². The van der Waals surface area contributed by atoms with E-state index in [0.29, 0.717) is 10.0 Å². The zero-order chi connectivity index (χ0) is 15.7. The molecule has 0 saturated carbocycles. The van der Waals surface area contributed by atoms with Gasteiger partial charge >= 0.3 is 0 Å². The van der Waals surface area contributed by atoms with Crippen molar-refractivity contribution in [2.45, 2.75) is 18.9 Å². The molecule has 1 amide bonds. The Morgan fingerprint density at radius 3 is 2.41 bits per heavy atom. The van der Waals surface area contributed by atoms with E-state index in [4.69, 9.17) is 28.9 Å². The third-order valence-electron chi connectivity index (χ3n) is 3.79. The lowest BCUT2D eigenvalue weighted by Crippen LogP contribution is -2.42. The molecule has 0 aliphatic carbocycles. The zero-order valence-corrected chi connectivity index (χ0v) is 14.2.